The largest absolute Gasteiger partial charge is 0.458 e. The minimum absolute atomic E-state index is 0.0667. The first-order valence-corrected chi connectivity index (χ1v) is 7.84. The summed E-state index contributed by atoms with van der Waals surface area (Å²) in [4.78, 5) is 26.9. The number of aromatic nitrogens is 2. The Hall–Kier alpha value is -2.50. The number of hydrogen-bond donors (Lipinski definition) is 0. The highest BCUT2D eigenvalue weighted by Crippen LogP contribution is 2.12. The Bertz CT molecular complexity index is 641. The van der Waals surface area contributed by atoms with Gasteiger partial charge in [0.25, 0.3) is 0 Å². The Kier molecular flexibility index (Phi) is 6.47. The summed E-state index contributed by atoms with van der Waals surface area (Å²) in [5, 5.41) is 4.55. The van der Waals surface area contributed by atoms with Crippen LogP contribution in [-0.4, -0.2) is 28.3 Å². The fourth-order valence-corrected chi connectivity index (χ4v) is 2.10. The van der Waals surface area contributed by atoms with E-state index in [-0.39, 0.29) is 12.6 Å². The molecule has 0 aromatic carbocycles. The fourth-order valence-electron chi connectivity index (χ4n) is 2.10. The highest BCUT2D eigenvalue weighted by atomic mass is 16.5. The maximum absolute atomic E-state index is 11.7. The smallest absolute Gasteiger partial charge is 0.399 e. The van der Waals surface area contributed by atoms with Crippen LogP contribution in [0.2, 0.25) is 0 Å². The number of nitrogens with zero attached hydrogens (tertiary/aromatic N) is 3. The van der Waals surface area contributed by atoms with Crippen LogP contribution < -0.4 is 5.36 Å². The van der Waals surface area contributed by atoms with Gasteiger partial charge >= 0.3 is 11.9 Å². The normalized spacial score (nSPS) is 14.9. The van der Waals surface area contributed by atoms with E-state index in [0.717, 1.165) is 25.7 Å². The summed E-state index contributed by atoms with van der Waals surface area (Å²) < 4.78 is 6.62. The summed E-state index contributed by atoms with van der Waals surface area (Å²) in [6, 6.07) is 1.71. The molecule has 0 atom stereocenters. The molecule has 0 saturated carbocycles. The van der Waals surface area contributed by atoms with Gasteiger partial charge in [0.05, 0.1) is 24.2 Å². The minimum Gasteiger partial charge on any atom is -0.458 e. The molecule has 1 amide bonds. The average molecular weight is 315 g/mol. The molecule has 1 aromatic rings. The van der Waals surface area contributed by atoms with E-state index < -0.39 is 11.9 Å². The fraction of sp³-hybridized carbons (Fsp3) is 0.412. The summed E-state index contributed by atoms with van der Waals surface area (Å²) in [7, 11) is 0. The van der Waals surface area contributed by atoms with Crippen molar-refractivity contribution in [3.8, 4) is 0 Å². The van der Waals surface area contributed by atoms with Gasteiger partial charge < -0.3 is 4.74 Å². The molecule has 0 bridgehead atoms. The van der Waals surface area contributed by atoms with Crippen molar-refractivity contribution >= 4 is 11.9 Å². The Labute approximate surface area is 135 Å². The molecular weight excluding hydrogens is 294 g/mol. The number of carbonyl (C=O) groups is 2. The molecule has 6 nitrogen and oxygen atoms in total. The van der Waals surface area contributed by atoms with Crippen LogP contribution in [0.5, 0.6) is 0 Å². The molecule has 6 heteroatoms. The second kappa shape index (κ2) is 8.82. The maximum Gasteiger partial charge on any atom is 0.399 e. The molecule has 0 radical (unpaired) electrons. The van der Waals surface area contributed by atoms with Crippen molar-refractivity contribution < 1.29 is 14.3 Å². The van der Waals surface area contributed by atoms with Gasteiger partial charge in [0.2, 0.25) is 0 Å². The Morgan fingerprint density at radius 1 is 1.35 bits per heavy atom. The molecule has 23 heavy (non-hydrogen) atoms. The molecule has 0 unspecified atom stereocenters. The number of unbranched alkanes of at least 4 members (excludes halogenated alkanes) is 2. The first-order valence-electron chi connectivity index (χ1n) is 7.84. The van der Waals surface area contributed by atoms with Crippen LogP contribution in [-0.2, 0) is 14.3 Å². The third kappa shape index (κ3) is 5.32. The maximum atomic E-state index is 11.7. The van der Waals surface area contributed by atoms with Crippen LogP contribution >= 0.6 is 0 Å². The lowest BCUT2D eigenvalue weighted by atomic mass is 10.1. The molecule has 0 aliphatic heterocycles. The molecule has 2 rings (SSSR count). The topological polar surface area (TPSA) is 73.6 Å². The molecule has 0 spiro atoms. The number of allylic oxidation sites excluding steroid dienone is 4. The van der Waals surface area contributed by atoms with Crippen LogP contribution in [0.1, 0.15) is 38.6 Å². The third-order valence-electron chi connectivity index (χ3n) is 3.35. The first kappa shape index (κ1) is 16.9. The van der Waals surface area contributed by atoms with Crippen molar-refractivity contribution in [2.45, 2.75) is 38.6 Å². The average Bonchev–Trinajstić information content (AvgIpc) is 2.60. The van der Waals surface area contributed by atoms with Gasteiger partial charge in [0.15, 0.2) is 0 Å². The van der Waals surface area contributed by atoms with Gasteiger partial charge in [-0.3, -0.25) is 9.48 Å². The summed E-state index contributed by atoms with van der Waals surface area (Å²) in [6.45, 7) is 2.30. The monoisotopic (exact) mass is 315 g/mol. The second-order valence-corrected chi connectivity index (χ2v) is 5.21. The zero-order valence-corrected chi connectivity index (χ0v) is 13.2. The van der Waals surface area contributed by atoms with E-state index >= 15 is 0 Å². The zero-order chi connectivity index (χ0) is 16.5. The molecule has 1 aromatic heterocycles. The van der Waals surface area contributed by atoms with Gasteiger partial charge in [0, 0.05) is 6.20 Å². The van der Waals surface area contributed by atoms with Gasteiger partial charge in [0.1, 0.15) is 0 Å². The van der Waals surface area contributed by atoms with E-state index in [1.165, 1.54) is 6.20 Å². The molecule has 0 saturated heterocycles. The highest BCUT2D eigenvalue weighted by Gasteiger charge is 2.13. The van der Waals surface area contributed by atoms with Crippen LogP contribution in [0.3, 0.4) is 0 Å². The first-order chi connectivity index (χ1) is 11.2. The van der Waals surface area contributed by atoms with Gasteiger partial charge in [-0.05, 0) is 18.9 Å². The lowest BCUT2D eigenvalue weighted by molar-refractivity contribution is -0.153. The van der Waals surface area contributed by atoms with E-state index in [1.807, 2.05) is 12.2 Å². The van der Waals surface area contributed by atoms with Crippen molar-refractivity contribution in [1.82, 2.24) is 9.78 Å². The van der Waals surface area contributed by atoms with Gasteiger partial charge in [-0.25, -0.2) is 9.79 Å². The molecule has 0 fully saturated rings. The summed E-state index contributed by atoms with van der Waals surface area (Å²) in [6.07, 6.45) is 15.1. The summed E-state index contributed by atoms with van der Waals surface area (Å²) in [5.41, 5.74) is 0. The van der Waals surface area contributed by atoms with Crippen molar-refractivity contribution in [3.63, 3.8) is 0 Å². The lowest BCUT2D eigenvalue weighted by Crippen LogP contribution is -2.20. The number of rotatable bonds is 5. The Morgan fingerprint density at radius 3 is 2.78 bits per heavy atom. The van der Waals surface area contributed by atoms with Crippen LogP contribution in [0.4, 0.5) is 0 Å². The molecule has 1 aliphatic rings. The molecule has 0 N–H and O–H groups in total. The molecule has 122 valence electrons. The summed E-state index contributed by atoms with van der Waals surface area (Å²) in [5.74, 6) is -1.82. The van der Waals surface area contributed by atoms with E-state index in [1.54, 1.807) is 16.9 Å². The van der Waals surface area contributed by atoms with Crippen molar-refractivity contribution in [1.29, 1.82) is 0 Å². The van der Waals surface area contributed by atoms with Crippen LogP contribution in [0.25, 0.3) is 0 Å². The van der Waals surface area contributed by atoms with E-state index in [0.29, 0.717) is 5.36 Å². The van der Waals surface area contributed by atoms with Gasteiger partial charge in [-0.2, -0.15) is 5.10 Å². The number of carbonyl (C=O) groups excluding carboxylic acids is 2. The standard InChI is InChI=1S/C17H21N3O3/c1-2-3-7-12-23-17(22)16(21)19-14-10-11-20(18-13-14)15-8-5-4-6-9-15/h5-6,8-11,13,15H,2-4,7,12H2,1H3. The predicted molar refractivity (Wildman–Crippen MR) is 85.2 cm³/mol. The van der Waals surface area contributed by atoms with Gasteiger partial charge in [-0.1, -0.05) is 44.1 Å². The number of hydrogen-bond acceptors (Lipinski definition) is 4. The highest BCUT2D eigenvalue weighted by molar-refractivity contribution is 6.32. The number of esters is 1. The molecular formula is C17H21N3O3. The van der Waals surface area contributed by atoms with E-state index in [9.17, 15) is 9.59 Å². The predicted octanol–water partition coefficient (Wildman–Crippen LogP) is 2.10. The number of amides is 1. The van der Waals surface area contributed by atoms with Gasteiger partial charge in [-0.15, -0.1) is 0 Å². The third-order valence-corrected chi connectivity index (χ3v) is 3.35. The Morgan fingerprint density at radius 2 is 2.13 bits per heavy atom. The summed E-state index contributed by atoms with van der Waals surface area (Å²) >= 11 is 0. The van der Waals surface area contributed by atoms with Crippen molar-refractivity contribution in [2.75, 3.05) is 6.61 Å². The van der Waals surface area contributed by atoms with E-state index in [2.05, 4.69) is 29.2 Å². The van der Waals surface area contributed by atoms with Crippen LogP contribution in [0, 0.1) is 0 Å². The van der Waals surface area contributed by atoms with Crippen LogP contribution in [0.15, 0.2) is 47.8 Å². The minimum atomic E-state index is -0.920. The zero-order valence-electron chi connectivity index (χ0n) is 13.2. The molecule has 1 aliphatic carbocycles. The number of ether oxygens (including phenoxy) is 1. The SMILES string of the molecule is CCCCCOC(=O)C(=O)N=c1ccn(C2C=CCC=C2)nc1. The van der Waals surface area contributed by atoms with E-state index in [4.69, 9.17) is 4.74 Å². The quantitative estimate of drug-likeness (QED) is 0.361. The lowest BCUT2D eigenvalue weighted by Gasteiger charge is -2.13. The Balaban J connectivity index is 1.95. The second-order valence-electron chi connectivity index (χ2n) is 5.21. The molecule has 1 heterocycles. The van der Waals surface area contributed by atoms with Crippen molar-refractivity contribution in [3.05, 3.63) is 48.1 Å². The van der Waals surface area contributed by atoms with Crippen molar-refractivity contribution in [2.24, 2.45) is 4.99 Å².